The minimum atomic E-state index is 0.0127. The van der Waals surface area contributed by atoms with E-state index in [2.05, 4.69) is 86.3 Å². The zero-order valence-electron chi connectivity index (χ0n) is 16.7. The molecule has 0 amide bonds. The largest absolute Gasteiger partial charge is 0.378 e. The number of rotatable bonds is 6. The van der Waals surface area contributed by atoms with Crippen molar-refractivity contribution in [3.8, 4) is 0 Å². The lowest BCUT2D eigenvalue weighted by molar-refractivity contribution is 0.122. The molecule has 2 aromatic carbocycles. The van der Waals surface area contributed by atoms with Gasteiger partial charge in [-0.05, 0) is 57.1 Å². The molecule has 1 saturated heterocycles. The molecule has 26 heavy (non-hydrogen) atoms. The fraction of sp³-hybridized carbons (Fsp3) is 0.478. The van der Waals surface area contributed by atoms with Crippen molar-refractivity contribution < 1.29 is 4.74 Å². The second-order valence-corrected chi connectivity index (χ2v) is 7.59. The van der Waals surface area contributed by atoms with Gasteiger partial charge in [-0.2, -0.15) is 0 Å². The van der Waals surface area contributed by atoms with Crippen LogP contribution in [0.4, 0.5) is 5.69 Å². The van der Waals surface area contributed by atoms with Gasteiger partial charge in [0, 0.05) is 24.3 Å². The minimum Gasteiger partial charge on any atom is -0.378 e. The molecule has 0 saturated carbocycles. The van der Waals surface area contributed by atoms with Gasteiger partial charge in [0.05, 0.1) is 13.2 Å². The Hall–Kier alpha value is -1.84. The molecule has 0 bridgehead atoms. The first-order valence-corrected chi connectivity index (χ1v) is 9.71. The number of morpholine rings is 1. The molecule has 1 aliphatic heterocycles. The van der Waals surface area contributed by atoms with E-state index >= 15 is 0 Å². The van der Waals surface area contributed by atoms with Gasteiger partial charge < -0.3 is 9.64 Å². The van der Waals surface area contributed by atoms with Crippen molar-refractivity contribution in [2.75, 3.05) is 45.3 Å². The van der Waals surface area contributed by atoms with Gasteiger partial charge in [0.15, 0.2) is 0 Å². The van der Waals surface area contributed by atoms with Gasteiger partial charge in [-0.15, -0.1) is 0 Å². The summed E-state index contributed by atoms with van der Waals surface area (Å²) in [6.07, 6.45) is 2.10. The van der Waals surface area contributed by atoms with Crippen LogP contribution in [0.15, 0.2) is 48.5 Å². The Morgan fingerprint density at radius 2 is 1.58 bits per heavy atom. The lowest BCUT2D eigenvalue weighted by Gasteiger charge is -2.40. The number of hydrogen-bond donors (Lipinski definition) is 0. The van der Waals surface area contributed by atoms with Crippen molar-refractivity contribution in [1.82, 2.24) is 4.90 Å². The van der Waals surface area contributed by atoms with Crippen LogP contribution in [0.2, 0.25) is 0 Å². The highest BCUT2D eigenvalue weighted by molar-refractivity contribution is 5.49. The van der Waals surface area contributed by atoms with E-state index in [0.29, 0.717) is 0 Å². The standard InChI is InChI=1S/C23H32N2O/c1-5-23(24(3)4,18-20-8-6-19(2)7-9-20)21-10-12-22(13-11-21)25-14-16-26-17-15-25/h6-13H,5,14-18H2,1-4H3. The van der Waals surface area contributed by atoms with Crippen LogP contribution >= 0.6 is 0 Å². The second-order valence-electron chi connectivity index (χ2n) is 7.59. The van der Waals surface area contributed by atoms with Crippen LogP contribution in [0.1, 0.15) is 30.0 Å². The Bertz CT molecular complexity index is 687. The van der Waals surface area contributed by atoms with Crippen molar-refractivity contribution >= 4 is 5.69 Å². The monoisotopic (exact) mass is 352 g/mol. The molecule has 3 nitrogen and oxygen atoms in total. The number of anilines is 1. The summed E-state index contributed by atoms with van der Waals surface area (Å²) in [7, 11) is 4.40. The summed E-state index contributed by atoms with van der Waals surface area (Å²) in [6, 6.07) is 18.2. The quantitative estimate of drug-likeness (QED) is 0.773. The van der Waals surface area contributed by atoms with E-state index in [9.17, 15) is 0 Å². The summed E-state index contributed by atoms with van der Waals surface area (Å²) in [5.74, 6) is 0. The number of hydrogen-bond acceptors (Lipinski definition) is 3. The number of benzene rings is 2. The summed E-state index contributed by atoms with van der Waals surface area (Å²) in [4.78, 5) is 4.80. The summed E-state index contributed by atoms with van der Waals surface area (Å²) in [5, 5.41) is 0. The molecule has 1 fully saturated rings. The molecule has 1 atom stereocenters. The molecule has 0 spiro atoms. The SMILES string of the molecule is CCC(Cc1ccc(C)cc1)(c1ccc(N2CCOCC2)cc1)N(C)C. The molecule has 1 unspecified atom stereocenters. The molecule has 0 aromatic heterocycles. The van der Waals surface area contributed by atoms with E-state index in [1.165, 1.54) is 22.4 Å². The van der Waals surface area contributed by atoms with E-state index in [0.717, 1.165) is 39.1 Å². The molecule has 140 valence electrons. The smallest absolute Gasteiger partial charge is 0.0642 e. The fourth-order valence-electron chi connectivity index (χ4n) is 4.01. The maximum atomic E-state index is 5.47. The van der Waals surface area contributed by atoms with Gasteiger partial charge in [0.25, 0.3) is 0 Å². The lowest BCUT2D eigenvalue weighted by Crippen LogP contribution is -2.43. The highest BCUT2D eigenvalue weighted by Crippen LogP contribution is 2.35. The summed E-state index contributed by atoms with van der Waals surface area (Å²) in [5.41, 5.74) is 5.41. The first-order valence-electron chi connectivity index (χ1n) is 9.71. The molecule has 3 heteroatoms. The van der Waals surface area contributed by atoms with Gasteiger partial charge in [-0.1, -0.05) is 48.9 Å². The normalized spacial score (nSPS) is 17.3. The number of likely N-dealkylation sites (N-methyl/N-ethyl adjacent to an activating group) is 1. The molecular formula is C23H32N2O. The Balaban J connectivity index is 1.87. The van der Waals surface area contributed by atoms with Gasteiger partial charge in [0.1, 0.15) is 0 Å². The van der Waals surface area contributed by atoms with Gasteiger partial charge >= 0.3 is 0 Å². The third kappa shape index (κ3) is 3.94. The van der Waals surface area contributed by atoms with Crippen molar-refractivity contribution in [2.45, 2.75) is 32.2 Å². The maximum Gasteiger partial charge on any atom is 0.0642 e. The van der Waals surface area contributed by atoms with Crippen LogP contribution in [0.25, 0.3) is 0 Å². The van der Waals surface area contributed by atoms with E-state index in [1.807, 2.05) is 0 Å². The van der Waals surface area contributed by atoms with Crippen LogP contribution in [-0.4, -0.2) is 45.3 Å². The van der Waals surface area contributed by atoms with Gasteiger partial charge in [0.2, 0.25) is 0 Å². The summed E-state index contributed by atoms with van der Waals surface area (Å²) >= 11 is 0. The molecule has 1 heterocycles. The van der Waals surface area contributed by atoms with E-state index < -0.39 is 0 Å². The summed E-state index contributed by atoms with van der Waals surface area (Å²) in [6.45, 7) is 8.05. The number of aryl methyl sites for hydroxylation is 1. The average Bonchev–Trinajstić information content (AvgIpc) is 2.68. The van der Waals surface area contributed by atoms with Crippen LogP contribution in [0.5, 0.6) is 0 Å². The van der Waals surface area contributed by atoms with Crippen LogP contribution < -0.4 is 4.90 Å². The molecule has 1 aliphatic rings. The van der Waals surface area contributed by atoms with Crippen molar-refractivity contribution in [2.24, 2.45) is 0 Å². The third-order valence-electron chi connectivity index (χ3n) is 5.84. The molecule has 0 aliphatic carbocycles. The van der Waals surface area contributed by atoms with E-state index in [-0.39, 0.29) is 5.54 Å². The highest BCUT2D eigenvalue weighted by atomic mass is 16.5. The first-order chi connectivity index (χ1) is 12.5. The third-order valence-corrected chi connectivity index (χ3v) is 5.84. The maximum absolute atomic E-state index is 5.47. The molecule has 0 N–H and O–H groups in total. The lowest BCUT2D eigenvalue weighted by atomic mass is 9.80. The molecular weight excluding hydrogens is 320 g/mol. The van der Waals surface area contributed by atoms with Crippen LogP contribution in [0.3, 0.4) is 0 Å². The highest BCUT2D eigenvalue weighted by Gasteiger charge is 2.33. The van der Waals surface area contributed by atoms with Crippen molar-refractivity contribution in [3.05, 3.63) is 65.2 Å². The van der Waals surface area contributed by atoms with Gasteiger partial charge in [-0.25, -0.2) is 0 Å². The van der Waals surface area contributed by atoms with E-state index in [1.54, 1.807) is 0 Å². The zero-order chi connectivity index (χ0) is 18.6. The zero-order valence-corrected chi connectivity index (χ0v) is 16.7. The minimum absolute atomic E-state index is 0.0127. The van der Waals surface area contributed by atoms with Gasteiger partial charge in [-0.3, -0.25) is 4.90 Å². The topological polar surface area (TPSA) is 15.7 Å². The summed E-state index contributed by atoms with van der Waals surface area (Å²) < 4.78 is 5.47. The van der Waals surface area contributed by atoms with E-state index in [4.69, 9.17) is 4.74 Å². The Morgan fingerprint density at radius 1 is 0.962 bits per heavy atom. The predicted molar refractivity (Wildman–Crippen MR) is 110 cm³/mol. The number of ether oxygens (including phenoxy) is 1. The number of nitrogens with zero attached hydrogens (tertiary/aromatic N) is 2. The molecule has 2 aromatic rings. The van der Waals surface area contributed by atoms with Crippen LogP contribution in [-0.2, 0) is 16.7 Å². The average molecular weight is 353 g/mol. The Morgan fingerprint density at radius 3 is 2.12 bits per heavy atom. The first kappa shape index (κ1) is 18.9. The van der Waals surface area contributed by atoms with Crippen LogP contribution in [0, 0.1) is 6.92 Å². The Kier molecular flexibility index (Phi) is 6.00. The molecule has 3 rings (SSSR count). The predicted octanol–water partition coefficient (Wildman–Crippen LogP) is 4.24. The Labute approximate surface area is 158 Å². The fourth-order valence-corrected chi connectivity index (χ4v) is 4.01. The van der Waals surface area contributed by atoms with Crippen molar-refractivity contribution in [3.63, 3.8) is 0 Å². The second kappa shape index (κ2) is 8.24. The molecule has 0 radical (unpaired) electrons. The van der Waals surface area contributed by atoms with Crippen molar-refractivity contribution in [1.29, 1.82) is 0 Å².